The van der Waals surface area contributed by atoms with Crippen LogP contribution in [0, 0.1) is 0 Å². The lowest BCUT2D eigenvalue weighted by Gasteiger charge is -2.16. The van der Waals surface area contributed by atoms with Crippen molar-refractivity contribution >= 4 is 46.9 Å². The Bertz CT molecular complexity index is 1670. The smallest absolute Gasteiger partial charge is 0.272 e. The van der Waals surface area contributed by atoms with Gasteiger partial charge >= 0.3 is 0 Å². The molecule has 9 nitrogen and oxygen atoms in total. The molecule has 1 atom stereocenters. The van der Waals surface area contributed by atoms with E-state index in [0.29, 0.717) is 46.2 Å². The maximum atomic E-state index is 13.5. The lowest BCUT2D eigenvalue weighted by Crippen LogP contribution is -2.30. The predicted molar refractivity (Wildman–Crippen MR) is 171 cm³/mol. The summed E-state index contributed by atoms with van der Waals surface area (Å²) in [5.41, 5.74) is 2.32. The Kier molecular flexibility index (Phi) is 9.83. The molecule has 1 aliphatic heterocycles. The van der Waals surface area contributed by atoms with Crippen molar-refractivity contribution < 1.29 is 28.6 Å². The molecule has 0 bridgehead atoms. The summed E-state index contributed by atoms with van der Waals surface area (Å²) in [6, 6.07) is 28.3. The number of thioether (sulfide) groups is 1. The van der Waals surface area contributed by atoms with Gasteiger partial charge in [0.05, 0.1) is 12.4 Å². The molecule has 0 aliphatic carbocycles. The molecule has 4 aromatic rings. The van der Waals surface area contributed by atoms with Crippen molar-refractivity contribution in [2.24, 2.45) is 0 Å². The van der Waals surface area contributed by atoms with Crippen molar-refractivity contribution in [3.8, 4) is 17.2 Å². The second-order valence-corrected chi connectivity index (χ2v) is 11.0. The molecule has 1 aliphatic rings. The van der Waals surface area contributed by atoms with Gasteiger partial charge in [0.2, 0.25) is 12.7 Å². The number of nitrogens with one attached hydrogen (secondary N) is 3. The van der Waals surface area contributed by atoms with Gasteiger partial charge in [-0.25, -0.2) is 0 Å². The molecule has 10 heteroatoms. The molecular formula is C34H31N3O6S. The molecule has 44 heavy (non-hydrogen) atoms. The molecule has 1 heterocycles. The zero-order chi connectivity index (χ0) is 30.9. The van der Waals surface area contributed by atoms with Crippen LogP contribution in [0.1, 0.15) is 29.3 Å². The van der Waals surface area contributed by atoms with Crippen LogP contribution < -0.4 is 30.2 Å². The van der Waals surface area contributed by atoms with Crippen LogP contribution >= 0.6 is 11.8 Å². The third-order valence-corrected chi connectivity index (χ3v) is 7.99. The van der Waals surface area contributed by atoms with Crippen LogP contribution in [0.4, 0.5) is 11.4 Å². The molecule has 5 rings (SSSR count). The highest BCUT2D eigenvalue weighted by Crippen LogP contribution is 2.35. The number of rotatable bonds is 11. The van der Waals surface area contributed by atoms with Crippen molar-refractivity contribution in [3.05, 3.63) is 114 Å². The Hall–Kier alpha value is -5.22. The molecule has 0 aromatic heterocycles. The van der Waals surface area contributed by atoms with Gasteiger partial charge in [-0.2, -0.15) is 0 Å². The van der Waals surface area contributed by atoms with Crippen LogP contribution in [0.3, 0.4) is 0 Å². The summed E-state index contributed by atoms with van der Waals surface area (Å²) in [6.45, 7) is 2.10. The van der Waals surface area contributed by atoms with E-state index in [2.05, 4.69) is 16.0 Å². The lowest BCUT2D eigenvalue weighted by molar-refractivity contribution is -0.116. The van der Waals surface area contributed by atoms with Gasteiger partial charge in [-0.15, -0.1) is 11.8 Å². The zero-order valence-electron chi connectivity index (χ0n) is 24.2. The van der Waals surface area contributed by atoms with E-state index in [-0.39, 0.29) is 23.6 Å². The minimum atomic E-state index is -0.500. The quantitative estimate of drug-likeness (QED) is 0.134. The topological polar surface area (TPSA) is 115 Å². The highest BCUT2D eigenvalue weighted by atomic mass is 32.2. The molecule has 0 fully saturated rings. The van der Waals surface area contributed by atoms with E-state index in [1.54, 1.807) is 98.1 Å². The van der Waals surface area contributed by atoms with Crippen molar-refractivity contribution in [3.63, 3.8) is 0 Å². The fraction of sp³-hybridized carbons (Fsp3) is 0.147. The Morgan fingerprint density at radius 3 is 2.36 bits per heavy atom. The number of ether oxygens (including phenoxy) is 3. The molecule has 0 saturated carbocycles. The largest absolute Gasteiger partial charge is 0.497 e. The van der Waals surface area contributed by atoms with E-state index < -0.39 is 11.8 Å². The number of fused-ring (bicyclic) bond motifs is 1. The molecule has 224 valence electrons. The van der Waals surface area contributed by atoms with Crippen LogP contribution in [0.2, 0.25) is 0 Å². The van der Waals surface area contributed by atoms with Gasteiger partial charge in [0.15, 0.2) is 11.5 Å². The van der Waals surface area contributed by atoms with Crippen molar-refractivity contribution in [1.82, 2.24) is 5.32 Å². The minimum absolute atomic E-state index is 0.0663. The Labute approximate surface area is 259 Å². The summed E-state index contributed by atoms with van der Waals surface area (Å²) < 4.78 is 16.0. The number of carbonyl (C=O) groups is 3. The maximum absolute atomic E-state index is 13.5. The van der Waals surface area contributed by atoms with Gasteiger partial charge in [0.25, 0.3) is 11.8 Å². The number of anilines is 2. The summed E-state index contributed by atoms with van der Waals surface area (Å²) in [5, 5.41) is 8.18. The standard InChI is InChI=1S/C34H31N3O6S/c1-3-31(34(40)36-25-14-17-29-30(20-25)43-21-42-29)44-27-11-7-10-24(19-27)35-33(39)28(18-22-12-15-26(41-2)16-13-22)37-32(38)23-8-5-4-6-9-23/h4-20,31H,3,21H2,1-2H3,(H,35,39)(H,36,40)(H,37,38)/b28-18+. The van der Waals surface area contributed by atoms with E-state index in [0.717, 1.165) is 4.90 Å². The van der Waals surface area contributed by atoms with E-state index in [9.17, 15) is 14.4 Å². The number of methoxy groups -OCH3 is 1. The van der Waals surface area contributed by atoms with Gasteiger partial charge in [0.1, 0.15) is 11.4 Å². The van der Waals surface area contributed by atoms with Gasteiger partial charge in [-0.1, -0.05) is 43.3 Å². The van der Waals surface area contributed by atoms with Crippen LogP contribution in [0.5, 0.6) is 17.2 Å². The summed E-state index contributed by atoms with van der Waals surface area (Å²) in [6.07, 6.45) is 2.18. The molecule has 4 aromatic carbocycles. The summed E-state index contributed by atoms with van der Waals surface area (Å²) >= 11 is 1.39. The zero-order valence-corrected chi connectivity index (χ0v) is 25.0. The van der Waals surface area contributed by atoms with Gasteiger partial charge < -0.3 is 30.2 Å². The molecule has 3 amide bonds. The first-order valence-corrected chi connectivity index (χ1v) is 14.8. The van der Waals surface area contributed by atoms with Crippen molar-refractivity contribution in [1.29, 1.82) is 0 Å². The van der Waals surface area contributed by atoms with E-state index in [1.165, 1.54) is 11.8 Å². The van der Waals surface area contributed by atoms with Gasteiger partial charge in [-0.05, 0) is 72.7 Å². The highest BCUT2D eigenvalue weighted by Gasteiger charge is 2.21. The minimum Gasteiger partial charge on any atom is -0.497 e. The van der Waals surface area contributed by atoms with Crippen molar-refractivity contribution in [2.45, 2.75) is 23.5 Å². The number of carbonyl (C=O) groups excluding carboxylic acids is 3. The third-order valence-electron chi connectivity index (χ3n) is 6.63. The Balaban J connectivity index is 1.29. The second-order valence-electron chi connectivity index (χ2n) is 9.71. The molecule has 0 saturated heterocycles. The van der Waals surface area contributed by atoms with E-state index in [4.69, 9.17) is 14.2 Å². The molecular weight excluding hydrogens is 578 g/mol. The van der Waals surface area contributed by atoms with Crippen LogP contribution in [0.25, 0.3) is 6.08 Å². The van der Waals surface area contributed by atoms with Crippen molar-refractivity contribution in [2.75, 3.05) is 24.5 Å². The molecule has 3 N–H and O–H groups in total. The Morgan fingerprint density at radius 2 is 1.61 bits per heavy atom. The predicted octanol–water partition coefficient (Wildman–Crippen LogP) is 6.34. The fourth-order valence-electron chi connectivity index (χ4n) is 4.34. The average molecular weight is 610 g/mol. The third kappa shape index (κ3) is 7.78. The number of hydrogen-bond acceptors (Lipinski definition) is 7. The number of amides is 3. The number of benzene rings is 4. The maximum Gasteiger partial charge on any atom is 0.272 e. The van der Waals surface area contributed by atoms with Crippen LogP contribution in [0.15, 0.2) is 108 Å². The fourth-order valence-corrected chi connectivity index (χ4v) is 5.35. The monoisotopic (exact) mass is 609 g/mol. The second kappa shape index (κ2) is 14.3. The summed E-state index contributed by atoms with van der Waals surface area (Å²) in [5.74, 6) is 0.839. The highest BCUT2D eigenvalue weighted by molar-refractivity contribution is 8.00. The summed E-state index contributed by atoms with van der Waals surface area (Å²) in [4.78, 5) is 40.3. The molecule has 1 unspecified atom stereocenters. The first kappa shape index (κ1) is 30.2. The van der Waals surface area contributed by atoms with Gasteiger partial charge in [-0.3, -0.25) is 14.4 Å². The molecule has 0 radical (unpaired) electrons. The normalized spacial score (nSPS) is 12.6. The van der Waals surface area contributed by atoms with E-state index >= 15 is 0 Å². The van der Waals surface area contributed by atoms with Crippen LogP contribution in [-0.2, 0) is 9.59 Å². The van der Waals surface area contributed by atoms with E-state index in [1.807, 2.05) is 19.1 Å². The van der Waals surface area contributed by atoms with Gasteiger partial charge in [0, 0.05) is 27.9 Å². The average Bonchev–Trinajstić information content (AvgIpc) is 3.52. The summed E-state index contributed by atoms with van der Waals surface area (Å²) in [7, 11) is 1.57. The van der Waals surface area contributed by atoms with Crippen LogP contribution in [-0.4, -0.2) is 36.9 Å². The first-order chi connectivity index (χ1) is 21.4. The Morgan fingerprint density at radius 1 is 0.864 bits per heavy atom. The SMILES string of the molecule is CCC(Sc1cccc(NC(=O)/C(=C\c2ccc(OC)cc2)NC(=O)c2ccccc2)c1)C(=O)Nc1ccc2c(c1)OCO2. The number of hydrogen-bond donors (Lipinski definition) is 3. The lowest BCUT2D eigenvalue weighted by atomic mass is 10.1. The first-order valence-electron chi connectivity index (χ1n) is 13.9. The molecule has 0 spiro atoms.